The van der Waals surface area contributed by atoms with Gasteiger partial charge in [-0.2, -0.15) is 0 Å². The molecule has 3 nitrogen and oxygen atoms in total. The average molecular weight is 284 g/mol. The highest BCUT2D eigenvalue weighted by atomic mass is 32.2. The lowest BCUT2D eigenvalue weighted by Crippen LogP contribution is -2.54. The van der Waals surface area contributed by atoms with Crippen LogP contribution in [0.4, 0.5) is 4.79 Å². The first-order chi connectivity index (χ1) is 9.82. The molecule has 1 N–H and O–H groups in total. The Labute approximate surface area is 122 Å². The molecule has 2 amide bonds. The summed E-state index contributed by atoms with van der Waals surface area (Å²) in [6, 6.07) is 10.5. The molecule has 3 aliphatic rings. The van der Waals surface area contributed by atoms with Gasteiger partial charge in [0.25, 0.3) is 0 Å². The minimum Gasteiger partial charge on any atom is -0.308 e. The normalized spacial score (nSPS) is 28.2. The first kappa shape index (κ1) is 12.1. The Morgan fingerprint density at radius 3 is 2.95 bits per heavy atom. The maximum absolute atomic E-state index is 12.4. The fraction of sp³-hybridized carbons (Fsp3) is 0.312. The van der Waals surface area contributed by atoms with Gasteiger partial charge in [0.2, 0.25) is 0 Å². The summed E-state index contributed by atoms with van der Waals surface area (Å²) in [7, 11) is 0. The fourth-order valence-electron chi connectivity index (χ4n) is 3.41. The van der Waals surface area contributed by atoms with E-state index in [9.17, 15) is 4.79 Å². The van der Waals surface area contributed by atoms with E-state index in [1.54, 1.807) is 0 Å². The monoisotopic (exact) mass is 284 g/mol. The van der Waals surface area contributed by atoms with Crippen molar-refractivity contribution in [1.29, 1.82) is 0 Å². The van der Waals surface area contributed by atoms with Gasteiger partial charge in [-0.3, -0.25) is 0 Å². The maximum Gasteiger partial charge on any atom is 0.323 e. The second-order valence-corrected chi connectivity index (χ2v) is 6.56. The third kappa shape index (κ3) is 1.51. The third-order valence-electron chi connectivity index (χ3n) is 4.24. The number of thioether (sulfide) groups is 1. The van der Waals surface area contributed by atoms with Crippen molar-refractivity contribution in [2.75, 3.05) is 12.3 Å². The SMILES string of the molecule is O=C1NC2=C(CCC=C2)C2(c3ccccc3)SCCN12. The number of nitrogens with one attached hydrogen (secondary N) is 1. The van der Waals surface area contributed by atoms with Crippen LogP contribution in [0.15, 0.2) is 53.8 Å². The molecule has 4 rings (SSSR count). The summed E-state index contributed by atoms with van der Waals surface area (Å²) in [6.07, 6.45) is 6.28. The quantitative estimate of drug-likeness (QED) is 0.859. The van der Waals surface area contributed by atoms with Crippen molar-refractivity contribution < 1.29 is 4.79 Å². The van der Waals surface area contributed by atoms with Crippen LogP contribution in [0, 0.1) is 0 Å². The number of rotatable bonds is 1. The van der Waals surface area contributed by atoms with Gasteiger partial charge in [-0.1, -0.05) is 36.4 Å². The van der Waals surface area contributed by atoms with Crippen LogP contribution < -0.4 is 5.32 Å². The van der Waals surface area contributed by atoms with Gasteiger partial charge in [-0.15, -0.1) is 11.8 Å². The highest BCUT2D eigenvalue weighted by Gasteiger charge is 2.52. The zero-order valence-electron chi connectivity index (χ0n) is 11.1. The Hall–Kier alpha value is -1.68. The molecule has 0 aromatic heterocycles. The van der Waals surface area contributed by atoms with E-state index in [1.807, 2.05) is 22.7 Å². The molecule has 1 unspecified atom stereocenters. The van der Waals surface area contributed by atoms with Gasteiger partial charge in [0.05, 0.1) is 0 Å². The first-order valence-corrected chi connectivity index (χ1v) is 7.99. The molecule has 0 saturated carbocycles. The molecule has 20 heavy (non-hydrogen) atoms. The van der Waals surface area contributed by atoms with Crippen molar-refractivity contribution in [3.05, 3.63) is 59.3 Å². The van der Waals surface area contributed by atoms with Crippen molar-refractivity contribution in [3.8, 4) is 0 Å². The van der Waals surface area contributed by atoms with Crippen molar-refractivity contribution in [2.45, 2.75) is 17.7 Å². The van der Waals surface area contributed by atoms with Gasteiger partial charge >= 0.3 is 6.03 Å². The Bertz CT molecular complexity index is 623. The Morgan fingerprint density at radius 2 is 2.10 bits per heavy atom. The van der Waals surface area contributed by atoms with Crippen LogP contribution in [0.5, 0.6) is 0 Å². The van der Waals surface area contributed by atoms with Gasteiger partial charge < -0.3 is 10.2 Å². The number of allylic oxidation sites excluding steroid dienone is 2. The molecular weight excluding hydrogens is 268 g/mol. The van der Waals surface area contributed by atoms with E-state index < -0.39 is 0 Å². The van der Waals surface area contributed by atoms with E-state index >= 15 is 0 Å². The van der Waals surface area contributed by atoms with Crippen molar-refractivity contribution in [2.24, 2.45) is 0 Å². The van der Waals surface area contributed by atoms with Crippen LogP contribution in [-0.2, 0) is 4.87 Å². The molecule has 0 radical (unpaired) electrons. The van der Waals surface area contributed by atoms with Crippen molar-refractivity contribution in [3.63, 3.8) is 0 Å². The molecule has 4 heteroatoms. The smallest absolute Gasteiger partial charge is 0.308 e. The minimum atomic E-state index is -0.288. The molecule has 1 atom stereocenters. The topological polar surface area (TPSA) is 32.3 Å². The molecule has 0 spiro atoms. The van der Waals surface area contributed by atoms with E-state index in [0.717, 1.165) is 30.8 Å². The lowest BCUT2D eigenvalue weighted by molar-refractivity contribution is 0.178. The zero-order chi connectivity index (χ0) is 13.6. The second kappa shape index (κ2) is 4.42. The van der Waals surface area contributed by atoms with Crippen LogP contribution in [0.1, 0.15) is 18.4 Å². The number of urea groups is 1. The number of nitrogens with zero attached hydrogens (tertiary/aromatic N) is 1. The van der Waals surface area contributed by atoms with E-state index in [-0.39, 0.29) is 10.9 Å². The largest absolute Gasteiger partial charge is 0.323 e. The standard InChI is InChI=1S/C16H16N2OS/c19-15-17-14-9-5-4-8-13(14)16(18(15)10-11-20-16)12-6-2-1-3-7-12/h1-3,5-7,9H,4,8,10-11H2,(H,17,19). The van der Waals surface area contributed by atoms with Gasteiger partial charge in [0, 0.05) is 18.0 Å². The van der Waals surface area contributed by atoms with Gasteiger partial charge in [-0.25, -0.2) is 4.79 Å². The molecule has 102 valence electrons. The summed E-state index contributed by atoms with van der Waals surface area (Å²) < 4.78 is 0. The molecule has 1 fully saturated rings. The zero-order valence-corrected chi connectivity index (χ0v) is 12.0. The fourth-order valence-corrected chi connectivity index (χ4v) is 5.00. The summed E-state index contributed by atoms with van der Waals surface area (Å²) in [6.45, 7) is 0.811. The summed E-state index contributed by atoms with van der Waals surface area (Å²) in [5, 5.41) is 3.05. The molecule has 1 aromatic carbocycles. The van der Waals surface area contributed by atoms with Crippen LogP contribution in [0.25, 0.3) is 0 Å². The predicted molar refractivity (Wildman–Crippen MR) is 81.2 cm³/mol. The van der Waals surface area contributed by atoms with Crippen LogP contribution in [0.2, 0.25) is 0 Å². The van der Waals surface area contributed by atoms with E-state index in [2.05, 4.69) is 41.7 Å². The van der Waals surface area contributed by atoms with Crippen LogP contribution in [0.3, 0.4) is 0 Å². The minimum absolute atomic E-state index is 0.0316. The van der Waals surface area contributed by atoms with Crippen LogP contribution in [-0.4, -0.2) is 23.2 Å². The first-order valence-electron chi connectivity index (χ1n) is 7.00. The van der Waals surface area contributed by atoms with Crippen molar-refractivity contribution in [1.82, 2.24) is 10.2 Å². The highest BCUT2D eigenvalue weighted by Crippen LogP contribution is 2.54. The Balaban J connectivity index is 1.96. The summed E-state index contributed by atoms with van der Waals surface area (Å²) in [5.41, 5.74) is 3.59. The maximum atomic E-state index is 12.4. The molecular formula is C16H16N2OS. The molecule has 2 heterocycles. The van der Waals surface area contributed by atoms with E-state index in [1.165, 1.54) is 11.1 Å². The molecule has 1 aromatic rings. The molecule has 2 aliphatic heterocycles. The predicted octanol–water partition coefficient (Wildman–Crippen LogP) is 3.22. The molecule has 1 aliphatic carbocycles. The summed E-state index contributed by atoms with van der Waals surface area (Å²) in [4.78, 5) is 14.2. The van der Waals surface area contributed by atoms with Gasteiger partial charge in [0.15, 0.2) is 0 Å². The number of hydrogen-bond acceptors (Lipinski definition) is 2. The number of amides is 2. The average Bonchev–Trinajstić information content (AvgIpc) is 2.95. The lowest BCUT2D eigenvalue weighted by atomic mass is 9.87. The number of benzene rings is 1. The number of carbonyl (C=O) groups is 1. The number of carbonyl (C=O) groups excluding carboxylic acids is 1. The van der Waals surface area contributed by atoms with E-state index in [0.29, 0.717) is 0 Å². The Kier molecular flexibility index (Phi) is 2.67. The summed E-state index contributed by atoms with van der Waals surface area (Å²) >= 11 is 1.89. The number of hydrogen-bond donors (Lipinski definition) is 1. The highest BCUT2D eigenvalue weighted by molar-refractivity contribution is 8.00. The third-order valence-corrected chi connectivity index (χ3v) is 5.74. The van der Waals surface area contributed by atoms with Crippen LogP contribution >= 0.6 is 11.8 Å². The van der Waals surface area contributed by atoms with Gasteiger partial charge in [-0.05, 0) is 30.1 Å². The van der Waals surface area contributed by atoms with Gasteiger partial charge in [0.1, 0.15) is 4.87 Å². The lowest BCUT2D eigenvalue weighted by Gasteiger charge is -2.45. The van der Waals surface area contributed by atoms with E-state index in [4.69, 9.17) is 0 Å². The molecule has 1 saturated heterocycles. The van der Waals surface area contributed by atoms with Crippen molar-refractivity contribution >= 4 is 17.8 Å². The number of fused-ring (bicyclic) bond motifs is 2. The second-order valence-electron chi connectivity index (χ2n) is 5.27. The summed E-state index contributed by atoms with van der Waals surface area (Å²) in [5.74, 6) is 0.989. The molecule has 0 bridgehead atoms. The Morgan fingerprint density at radius 1 is 1.25 bits per heavy atom.